The summed E-state index contributed by atoms with van der Waals surface area (Å²) in [6.07, 6.45) is 0. The summed E-state index contributed by atoms with van der Waals surface area (Å²) in [5.74, 6) is -0.0600. The van der Waals surface area contributed by atoms with Gasteiger partial charge in [-0.25, -0.2) is 13.6 Å². The second-order valence-corrected chi connectivity index (χ2v) is 6.58. The molecule has 0 unspecified atom stereocenters. The topological polar surface area (TPSA) is 66.9 Å². The van der Waals surface area contributed by atoms with Crippen molar-refractivity contribution in [3.63, 3.8) is 0 Å². The monoisotopic (exact) mass is 378 g/mol. The number of hydrogen-bond donors (Lipinski definition) is 2. The molecule has 128 valence electrons. The lowest BCUT2D eigenvalue weighted by Crippen LogP contribution is -2.19. The lowest BCUT2D eigenvalue weighted by Gasteiger charge is -2.04. The third-order valence-electron chi connectivity index (χ3n) is 3.01. The highest BCUT2D eigenvalue weighted by Gasteiger charge is 2.09. The van der Waals surface area contributed by atoms with Gasteiger partial charge in [0.2, 0.25) is 10.3 Å². The Morgan fingerprint density at radius 3 is 2.32 bits per heavy atom. The second kappa shape index (κ2) is 8.04. The van der Waals surface area contributed by atoms with E-state index in [0.29, 0.717) is 21.7 Å². The number of aromatic nitrogens is 2. The van der Waals surface area contributed by atoms with Crippen LogP contribution in [0.3, 0.4) is 0 Å². The first kappa shape index (κ1) is 17.3. The molecule has 0 saturated carbocycles. The molecular weight excluding hydrogens is 366 g/mol. The average Bonchev–Trinajstić information content (AvgIpc) is 3.04. The SMILES string of the molecule is O=C(Nc1ccc(F)cc1)Nc1nc(SCc2ccc(F)cc2)ns1. The minimum Gasteiger partial charge on any atom is -0.308 e. The minimum absolute atomic E-state index is 0.279. The van der Waals surface area contributed by atoms with E-state index < -0.39 is 6.03 Å². The Hall–Kier alpha value is -2.52. The quantitative estimate of drug-likeness (QED) is 0.629. The molecule has 0 aliphatic carbocycles. The number of carbonyl (C=O) groups is 1. The van der Waals surface area contributed by atoms with Crippen LogP contribution in [0.25, 0.3) is 0 Å². The molecular formula is C16H12F2N4OS2. The van der Waals surface area contributed by atoms with E-state index in [1.807, 2.05) is 0 Å². The van der Waals surface area contributed by atoms with Crippen molar-refractivity contribution in [1.82, 2.24) is 9.36 Å². The number of nitrogens with zero attached hydrogens (tertiary/aromatic N) is 2. The van der Waals surface area contributed by atoms with E-state index in [0.717, 1.165) is 17.1 Å². The summed E-state index contributed by atoms with van der Waals surface area (Å²) < 4.78 is 29.8. The number of anilines is 2. The van der Waals surface area contributed by atoms with Crippen molar-refractivity contribution in [3.05, 3.63) is 65.7 Å². The Labute approximate surface area is 150 Å². The zero-order valence-electron chi connectivity index (χ0n) is 12.7. The first-order chi connectivity index (χ1) is 12.1. The van der Waals surface area contributed by atoms with Crippen LogP contribution in [0, 0.1) is 11.6 Å². The molecule has 0 spiro atoms. The Balaban J connectivity index is 1.51. The van der Waals surface area contributed by atoms with Crippen LogP contribution in [0.4, 0.5) is 24.4 Å². The number of urea groups is 1. The predicted molar refractivity (Wildman–Crippen MR) is 94.9 cm³/mol. The standard InChI is InChI=1S/C16H12F2N4OS2/c17-11-3-1-10(2-4-11)9-24-16-21-15(25-22-16)20-14(23)19-13-7-5-12(18)6-8-13/h1-8H,9H2,(H2,19,20,21,22,23). The number of nitrogens with one attached hydrogen (secondary N) is 2. The van der Waals surface area contributed by atoms with Gasteiger partial charge in [0.1, 0.15) is 11.6 Å². The molecule has 1 heterocycles. The fourth-order valence-electron chi connectivity index (χ4n) is 1.84. The smallest absolute Gasteiger partial charge is 0.308 e. The maximum atomic E-state index is 12.9. The molecule has 2 aromatic carbocycles. The second-order valence-electron chi connectivity index (χ2n) is 4.88. The fourth-order valence-corrected chi connectivity index (χ4v) is 3.34. The summed E-state index contributed by atoms with van der Waals surface area (Å²) >= 11 is 2.44. The number of amides is 2. The largest absolute Gasteiger partial charge is 0.325 e. The van der Waals surface area contributed by atoms with Gasteiger partial charge in [0, 0.05) is 23.0 Å². The highest BCUT2D eigenvalue weighted by molar-refractivity contribution is 7.98. The minimum atomic E-state index is -0.488. The Bertz CT molecular complexity index is 853. The van der Waals surface area contributed by atoms with Gasteiger partial charge in [-0.05, 0) is 42.0 Å². The molecule has 0 aliphatic rings. The lowest BCUT2D eigenvalue weighted by atomic mass is 10.2. The number of thioether (sulfide) groups is 1. The maximum absolute atomic E-state index is 12.9. The van der Waals surface area contributed by atoms with Crippen LogP contribution in [0.1, 0.15) is 5.56 Å². The molecule has 0 fully saturated rings. The first-order valence-electron chi connectivity index (χ1n) is 7.13. The van der Waals surface area contributed by atoms with E-state index >= 15 is 0 Å². The summed E-state index contributed by atoms with van der Waals surface area (Å²) in [5, 5.41) is 6.01. The molecule has 0 aliphatic heterocycles. The lowest BCUT2D eigenvalue weighted by molar-refractivity contribution is 0.262. The van der Waals surface area contributed by atoms with Gasteiger partial charge in [-0.15, -0.1) is 0 Å². The highest BCUT2D eigenvalue weighted by Crippen LogP contribution is 2.24. The molecule has 25 heavy (non-hydrogen) atoms. The number of hydrogen-bond acceptors (Lipinski definition) is 5. The van der Waals surface area contributed by atoms with Gasteiger partial charge in [-0.1, -0.05) is 23.9 Å². The molecule has 3 aromatic rings. The number of rotatable bonds is 5. The number of carbonyl (C=O) groups excluding carboxylic acids is 1. The van der Waals surface area contributed by atoms with Crippen molar-refractivity contribution in [2.75, 3.05) is 10.6 Å². The van der Waals surface area contributed by atoms with E-state index in [-0.39, 0.29) is 11.6 Å². The van der Waals surface area contributed by atoms with Crippen molar-refractivity contribution in [1.29, 1.82) is 0 Å². The molecule has 3 rings (SSSR count). The molecule has 9 heteroatoms. The molecule has 1 aromatic heterocycles. The molecule has 2 N–H and O–H groups in total. The normalized spacial score (nSPS) is 10.5. The van der Waals surface area contributed by atoms with Gasteiger partial charge in [0.25, 0.3) is 0 Å². The number of benzene rings is 2. The summed E-state index contributed by atoms with van der Waals surface area (Å²) in [6.45, 7) is 0. The van der Waals surface area contributed by atoms with E-state index in [4.69, 9.17) is 0 Å². The van der Waals surface area contributed by atoms with Crippen LogP contribution in [0.15, 0.2) is 53.7 Å². The van der Waals surface area contributed by atoms with Crippen LogP contribution in [-0.4, -0.2) is 15.4 Å². The Morgan fingerprint density at radius 2 is 1.64 bits per heavy atom. The maximum Gasteiger partial charge on any atom is 0.325 e. The summed E-state index contributed by atoms with van der Waals surface area (Å²) in [7, 11) is 0. The van der Waals surface area contributed by atoms with Crippen molar-refractivity contribution in [3.8, 4) is 0 Å². The highest BCUT2D eigenvalue weighted by atomic mass is 32.2. The summed E-state index contributed by atoms with van der Waals surface area (Å²) in [4.78, 5) is 16.1. The molecule has 5 nitrogen and oxygen atoms in total. The van der Waals surface area contributed by atoms with Crippen molar-refractivity contribution in [2.24, 2.45) is 0 Å². The summed E-state index contributed by atoms with van der Waals surface area (Å²) in [6, 6.07) is 11.1. The van der Waals surface area contributed by atoms with E-state index in [1.54, 1.807) is 12.1 Å². The van der Waals surface area contributed by atoms with Gasteiger partial charge in [-0.3, -0.25) is 5.32 Å². The van der Waals surface area contributed by atoms with Crippen molar-refractivity contribution in [2.45, 2.75) is 10.9 Å². The van der Waals surface area contributed by atoms with Crippen LogP contribution in [-0.2, 0) is 5.75 Å². The Kier molecular flexibility index (Phi) is 5.56. The third kappa shape index (κ3) is 5.23. The first-order valence-corrected chi connectivity index (χ1v) is 8.89. The number of halogens is 2. The molecule has 0 saturated heterocycles. The third-order valence-corrected chi connectivity index (χ3v) is 4.68. The molecule has 0 atom stereocenters. The van der Waals surface area contributed by atoms with Crippen molar-refractivity contribution >= 4 is 40.1 Å². The fraction of sp³-hybridized carbons (Fsp3) is 0.0625. The predicted octanol–water partition coefficient (Wildman–Crippen LogP) is 4.75. The van der Waals surface area contributed by atoms with Crippen LogP contribution >= 0.6 is 23.3 Å². The van der Waals surface area contributed by atoms with E-state index in [1.165, 1.54) is 48.2 Å². The van der Waals surface area contributed by atoms with Crippen LogP contribution in [0.5, 0.6) is 0 Å². The molecule has 0 bridgehead atoms. The van der Waals surface area contributed by atoms with Gasteiger partial charge >= 0.3 is 6.03 Å². The molecule has 2 amide bonds. The van der Waals surface area contributed by atoms with Gasteiger partial charge in [0.15, 0.2) is 0 Å². The van der Waals surface area contributed by atoms with Gasteiger partial charge < -0.3 is 5.32 Å². The van der Waals surface area contributed by atoms with Crippen LogP contribution < -0.4 is 10.6 Å². The summed E-state index contributed by atoms with van der Waals surface area (Å²) in [5.41, 5.74) is 1.42. The van der Waals surface area contributed by atoms with Gasteiger partial charge in [-0.2, -0.15) is 9.36 Å². The zero-order chi connectivity index (χ0) is 17.6. The average molecular weight is 378 g/mol. The van der Waals surface area contributed by atoms with Gasteiger partial charge in [0.05, 0.1) is 0 Å². The van der Waals surface area contributed by atoms with Crippen molar-refractivity contribution < 1.29 is 13.6 Å². The molecule has 0 radical (unpaired) electrons. The zero-order valence-corrected chi connectivity index (χ0v) is 14.3. The van der Waals surface area contributed by atoms with Crippen LogP contribution in [0.2, 0.25) is 0 Å². The van der Waals surface area contributed by atoms with E-state index in [9.17, 15) is 13.6 Å². The Morgan fingerprint density at radius 1 is 1.00 bits per heavy atom. The van der Waals surface area contributed by atoms with E-state index in [2.05, 4.69) is 20.0 Å².